The minimum Gasteiger partial charge on any atom is -0.394 e. The summed E-state index contributed by atoms with van der Waals surface area (Å²) in [5.41, 5.74) is -0.189. The van der Waals surface area contributed by atoms with Crippen LogP contribution in [0.2, 0.25) is 0 Å². The summed E-state index contributed by atoms with van der Waals surface area (Å²) in [6.45, 7) is 1.01. The summed E-state index contributed by atoms with van der Waals surface area (Å²) < 4.78 is 0. The van der Waals surface area contributed by atoms with E-state index in [9.17, 15) is 9.90 Å². The van der Waals surface area contributed by atoms with Crippen LogP contribution in [0.1, 0.15) is 44.9 Å². The normalized spacial score (nSPS) is 26.9. The Hall–Kier alpha value is -0.570. The van der Waals surface area contributed by atoms with E-state index in [1.807, 2.05) is 4.90 Å². The number of hydrogen-bond acceptors (Lipinski definition) is 2. The van der Waals surface area contributed by atoms with Crippen molar-refractivity contribution >= 4 is 5.91 Å². The van der Waals surface area contributed by atoms with Crippen LogP contribution in [-0.4, -0.2) is 34.6 Å². The number of carbonyl (C=O) groups is 1. The quantitative estimate of drug-likeness (QED) is 0.725. The number of nitrogens with zero attached hydrogens (tertiary/aromatic N) is 1. The predicted molar refractivity (Wildman–Crippen MR) is 53.8 cm³/mol. The van der Waals surface area contributed by atoms with Crippen molar-refractivity contribution in [3.63, 3.8) is 0 Å². The zero-order valence-electron chi connectivity index (χ0n) is 8.67. The highest BCUT2D eigenvalue weighted by atomic mass is 16.3. The average Bonchev–Trinajstić information content (AvgIpc) is 2.66. The van der Waals surface area contributed by atoms with Gasteiger partial charge in [0.1, 0.15) is 0 Å². The zero-order valence-corrected chi connectivity index (χ0v) is 8.67. The Labute approximate surface area is 85.1 Å². The number of aliphatic hydroxyl groups excluding tert-OH is 1. The second kappa shape index (κ2) is 3.89. The van der Waals surface area contributed by atoms with Gasteiger partial charge in [-0.05, 0) is 19.3 Å². The lowest BCUT2D eigenvalue weighted by Gasteiger charge is -2.43. The van der Waals surface area contributed by atoms with Gasteiger partial charge < -0.3 is 10.0 Å². The Balaban J connectivity index is 2.13. The number of aliphatic hydroxyl groups is 1. The molecule has 1 N–H and O–H groups in total. The topological polar surface area (TPSA) is 40.5 Å². The lowest BCUT2D eigenvalue weighted by Crippen LogP contribution is -2.53. The summed E-state index contributed by atoms with van der Waals surface area (Å²) >= 11 is 0. The molecule has 1 saturated heterocycles. The van der Waals surface area contributed by atoms with Gasteiger partial charge in [-0.1, -0.05) is 19.3 Å². The number of hydrogen-bond donors (Lipinski definition) is 1. The molecule has 3 heteroatoms. The molecule has 0 aromatic rings. The van der Waals surface area contributed by atoms with Crippen LogP contribution in [0, 0.1) is 0 Å². The molecule has 3 nitrogen and oxygen atoms in total. The van der Waals surface area contributed by atoms with Gasteiger partial charge in [0.2, 0.25) is 5.91 Å². The molecule has 1 saturated carbocycles. The molecule has 2 aliphatic rings. The second-order valence-corrected chi connectivity index (χ2v) is 4.59. The van der Waals surface area contributed by atoms with Gasteiger partial charge in [0.05, 0.1) is 12.1 Å². The minimum atomic E-state index is -0.189. The third-order valence-corrected chi connectivity index (χ3v) is 3.72. The molecular weight excluding hydrogens is 178 g/mol. The fourth-order valence-electron chi connectivity index (χ4n) is 2.87. The number of rotatable bonds is 2. The monoisotopic (exact) mass is 197 g/mol. The van der Waals surface area contributed by atoms with Crippen LogP contribution in [0.3, 0.4) is 0 Å². The van der Waals surface area contributed by atoms with Crippen molar-refractivity contribution in [1.29, 1.82) is 0 Å². The summed E-state index contributed by atoms with van der Waals surface area (Å²) in [6, 6.07) is 0. The molecule has 0 spiro atoms. The van der Waals surface area contributed by atoms with E-state index >= 15 is 0 Å². The molecule has 2 rings (SSSR count). The van der Waals surface area contributed by atoms with Gasteiger partial charge >= 0.3 is 0 Å². The van der Waals surface area contributed by atoms with Gasteiger partial charge in [0.25, 0.3) is 0 Å². The molecule has 1 aliphatic heterocycles. The molecule has 0 aromatic heterocycles. The van der Waals surface area contributed by atoms with Crippen molar-refractivity contribution in [3.8, 4) is 0 Å². The highest BCUT2D eigenvalue weighted by molar-refractivity contribution is 5.79. The predicted octanol–water partition coefficient (Wildman–Crippen LogP) is 1.30. The van der Waals surface area contributed by atoms with Crippen molar-refractivity contribution in [2.75, 3.05) is 13.2 Å². The Morgan fingerprint density at radius 1 is 1.21 bits per heavy atom. The minimum absolute atomic E-state index is 0.152. The van der Waals surface area contributed by atoms with Crippen LogP contribution >= 0.6 is 0 Å². The Bertz CT molecular complexity index is 221. The first kappa shape index (κ1) is 9.97. The molecule has 1 heterocycles. The molecule has 0 aromatic carbocycles. The Morgan fingerprint density at radius 3 is 2.43 bits per heavy atom. The van der Waals surface area contributed by atoms with E-state index in [1.165, 1.54) is 6.42 Å². The lowest BCUT2D eigenvalue weighted by atomic mass is 9.81. The van der Waals surface area contributed by atoms with Crippen LogP contribution in [0.15, 0.2) is 0 Å². The van der Waals surface area contributed by atoms with Crippen LogP contribution < -0.4 is 0 Å². The highest BCUT2D eigenvalue weighted by Gasteiger charge is 2.41. The first-order valence-electron chi connectivity index (χ1n) is 5.70. The third-order valence-electron chi connectivity index (χ3n) is 3.72. The molecule has 0 bridgehead atoms. The van der Waals surface area contributed by atoms with E-state index in [1.54, 1.807) is 0 Å². The lowest BCUT2D eigenvalue weighted by molar-refractivity contribution is -0.136. The van der Waals surface area contributed by atoms with Gasteiger partial charge in [-0.3, -0.25) is 4.79 Å². The first-order valence-corrected chi connectivity index (χ1v) is 5.70. The standard InChI is InChI=1S/C11H19NO2/c13-9-11(6-2-1-3-7-11)12-8-4-5-10(12)14/h13H,1-9H2. The molecular formula is C11H19NO2. The molecule has 80 valence electrons. The molecule has 2 fully saturated rings. The maximum atomic E-state index is 11.7. The zero-order chi connectivity index (χ0) is 10.0. The van der Waals surface area contributed by atoms with Gasteiger partial charge in [0.15, 0.2) is 0 Å². The van der Waals surface area contributed by atoms with Crippen LogP contribution in [0.4, 0.5) is 0 Å². The summed E-state index contributed by atoms with van der Waals surface area (Å²) in [5.74, 6) is 0.251. The van der Waals surface area contributed by atoms with Crippen molar-refractivity contribution in [1.82, 2.24) is 4.90 Å². The van der Waals surface area contributed by atoms with Crippen LogP contribution in [0.25, 0.3) is 0 Å². The molecule has 0 unspecified atom stereocenters. The van der Waals surface area contributed by atoms with E-state index in [-0.39, 0.29) is 18.1 Å². The fraction of sp³-hybridized carbons (Fsp3) is 0.909. The number of likely N-dealkylation sites (tertiary alicyclic amines) is 1. The smallest absolute Gasteiger partial charge is 0.223 e. The summed E-state index contributed by atoms with van der Waals surface area (Å²) in [6.07, 6.45) is 7.21. The van der Waals surface area contributed by atoms with Gasteiger partial charge in [-0.2, -0.15) is 0 Å². The average molecular weight is 197 g/mol. The van der Waals surface area contributed by atoms with E-state index in [2.05, 4.69) is 0 Å². The molecule has 0 atom stereocenters. The van der Waals surface area contributed by atoms with E-state index < -0.39 is 0 Å². The molecule has 1 amide bonds. The summed E-state index contributed by atoms with van der Waals surface area (Å²) in [7, 11) is 0. The maximum Gasteiger partial charge on any atom is 0.223 e. The first-order chi connectivity index (χ1) is 6.78. The molecule has 0 radical (unpaired) electrons. The molecule has 1 aliphatic carbocycles. The molecule has 14 heavy (non-hydrogen) atoms. The van der Waals surface area contributed by atoms with Crippen LogP contribution in [-0.2, 0) is 4.79 Å². The van der Waals surface area contributed by atoms with E-state index in [4.69, 9.17) is 0 Å². The van der Waals surface area contributed by atoms with Crippen molar-refractivity contribution < 1.29 is 9.90 Å². The second-order valence-electron chi connectivity index (χ2n) is 4.59. The fourth-order valence-corrected chi connectivity index (χ4v) is 2.87. The Morgan fingerprint density at radius 2 is 1.93 bits per heavy atom. The van der Waals surface area contributed by atoms with Crippen molar-refractivity contribution in [3.05, 3.63) is 0 Å². The summed E-state index contributed by atoms with van der Waals surface area (Å²) in [5, 5.41) is 9.53. The van der Waals surface area contributed by atoms with Gasteiger partial charge in [0, 0.05) is 13.0 Å². The van der Waals surface area contributed by atoms with Gasteiger partial charge in [-0.25, -0.2) is 0 Å². The maximum absolute atomic E-state index is 11.7. The third kappa shape index (κ3) is 1.54. The van der Waals surface area contributed by atoms with Gasteiger partial charge in [-0.15, -0.1) is 0 Å². The summed E-state index contributed by atoms with van der Waals surface area (Å²) in [4.78, 5) is 13.6. The van der Waals surface area contributed by atoms with Crippen LogP contribution in [0.5, 0.6) is 0 Å². The number of amides is 1. The highest BCUT2D eigenvalue weighted by Crippen LogP contribution is 2.35. The Kier molecular flexibility index (Phi) is 2.77. The van der Waals surface area contributed by atoms with Crippen molar-refractivity contribution in [2.45, 2.75) is 50.5 Å². The largest absolute Gasteiger partial charge is 0.394 e. The number of carbonyl (C=O) groups excluding carboxylic acids is 1. The SMILES string of the molecule is O=C1CCCN1C1(CO)CCCCC1. The van der Waals surface area contributed by atoms with Crippen molar-refractivity contribution in [2.24, 2.45) is 0 Å². The van der Waals surface area contributed by atoms with E-state index in [0.29, 0.717) is 6.42 Å². The van der Waals surface area contributed by atoms with E-state index in [0.717, 1.165) is 38.6 Å².